The highest BCUT2D eigenvalue weighted by molar-refractivity contribution is 9.10. The molecule has 0 radical (unpaired) electrons. The second-order valence-corrected chi connectivity index (χ2v) is 5.85. The maximum absolute atomic E-state index is 12.4. The summed E-state index contributed by atoms with van der Waals surface area (Å²) in [7, 11) is 0. The van der Waals surface area contributed by atoms with E-state index in [9.17, 15) is 4.79 Å². The van der Waals surface area contributed by atoms with E-state index in [0.29, 0.717) is 28.2 Å². The first kappa shape index (κ1) is 15.5. The van der Waals surface area contributed by atoms with Gasteiger partial charge in [0.2, 0.25) is 0 Å². The van der Waals surface area contributed by atoms with E-state index in [0.717, 1.165) is 4.47 Å². The van der Waals surface area contributed by atoms with Crippen LogP contribution in [-0.4, -0.2) is 21.1 Å². The van der Waals surface area contributed by atoms with Crippen molar-refractivity contribution in [2.75, 3.05) is 5.32 Å². The van der Waals surface area contributed by atoms with Gasteiger partial charge in [-0.15, -0.1) is 0 Å². The lowest BCUT2D eigenvalue weighted by molar-refractivity contribution is 0.102. The highest BCUT2D eigenvalue weighted by atomic mass is 79.9. The van der Waals surface area contributed by atoms with Crippen LogP contribution in [-0.2, 0) is 0 Å². The second kappa shape index (κ2) is 6.28. The third-order valence-electron chi connectivity index (χ3n) is 2.84. The van der Waals surface area contributed by atoms with Crippen molar-refractivity contribution in [1.82, 2.24) is 10.2 Å². The van der Waals surface area contributed by atoms with Gasteiger partial charge in [0.25, 0.3) is 5.91 Å². The fraction of sp³-hybridized carbons (Fsp3) is 0.143. The molecular weight excluding hydrogens is 352 g/mol. The molecule has 0 atom stereocenters. The Kier molecular flexibility index (Phi) is 4.64. The lowest BCUT2D eigenvalue weighted by Crippen LogP contribution is -2.19. The van der Waals surface area contributed by atoms with Crippen molar-refractivity contribution in [2.24, 2.45) is 5.73 Å². The van der Waals surface area contributed by atoms with Crippen molar-refractivity contribution < 1.29 is 4.79 Å². The summed E-state index contributed by atoms with van der Waals surface area (Å²) < 4.78 is 0.834. The molecule has 0 saturated heterocycles. The maximum Gasteiger partial charge on any atom is 0.257 e. The molecule has 2 rings (SSSR count). The summed E-state index contributed by atoms with van der Waals surface area (Å²) in [5.41, 5.74) is 8.56. The van der Waals surface area contributed by atoms with Crippen LogP contribution >= 0.6 is 28.1 Å². The van der Waals surface area contributed by atoms with Gasteiger partial charge in [-0.05, 0) is 38.1 Å². The third kappa shape index (κ3) is 3.62. The van der Waals surface area contributed by atoms with Gasteiger partial charge in [0.15, 0.2) is 0 Å². The number of aromatic nitrogens is 2. The Hall–Kier alpha value is -1.86. The van der Waals surface area contributed by atoms with Crippen LogP contribution in [0.4, 0.5) is 5.69 Å². The van der Waals surface area contributed by atoms with Gasteiger partial charge < -0.3 is 11.1 Å². The monoisotopic (exact) mass is 364 g/mol. The van der Waals surface area contributed by atoms with Gasteiger partial charge in [-0.1, -0.05) is 28.1 Å². The molecule has 1 heterocycles. The van der Waals surface area contributed by atoms with Crippen molar-refractivity contribution >= 4 is 44.7 Å². The zero-order valence-corrected chi connectivity index (χ0v) is 13.9. The number of carbonyl (C=O) groups excluding carboxylic acids is 1. The summed E-state index contributed by atoms with van der Waals surface area (Å²) in [6.45, 7) is 3.51. The van der Waals surface area contributed by atoms with Crippen LogP contribution in [0.1, 0.15) is 27.3 Å². The van der Waals surface area contributed by atoms with Crippen molar-refractivity contribution in [1.29, 1.82) is 0 Å². The molecular formula is C14H13BrN4OS. The van der Waals surface area contributed by atoms with Crippen LogP contribution in [0.25, 0.3) is 0 Å². The van der Waals surface area contributed by atoms with Crippen LogP contribution in [0, 0.1) is 13.8 Å². The van der Waals surface area contributed by atoms with E-state index in [-0.39, 0.29) is 10.9 Å². The number of rotatable bonds is 3. The molecule has 0 aliphatic heterocycles. The Morgan fingerprint density at radius 3 is 2.62 bits per heavy atom. The Labute approximate surface area is 136 Å². The lowest BCUT2D eigenvalue weighted by atomic mass is 10.1. The van der Waals surface area contributed by atoms with Crippen molar-refractivity contribution in [3.05, 3.63) is 51.3 Å². The molecule has 0 saturated carbocycles. The molecule has 0 fully saturated rings. The summed E-state index contributed by atoms with van der Waals surface area (Å²) in [6.07, 6.45) is 0. The Morgan fingerprint density at radius 2 is 1.95 bits per heavy atom. The average Bonchev–Trinajstić information content (AvgIpc) is 2.43. The molecule has 3 N–H and O–H groups in total. The SMILES string of the molecule is Cc1cc(C(=O)Nc2ccc(Br)cc2C(N)=S)c(C)nn1. The molecule has 0 spiro atoms. The Morgan fingerprint density at radius 1 is 1.24 bits per heavy atom. The number of amides is 1. The minimum absolute atomic E-state index is 0.215. The minimum atomic E-state index is -0.273. The predicted octanol–water partition coefficient (Wildman–Crippen LogP) is 2.74. The smallest absolute Gasteiger partial charge is 0.257 e. The molecule has 1 aromatic heterocycles. The van der Waals surface area contributed by atoms with E-state index in [4.69, 9.17) is 18.0 Å². The second-order valence-electron chi connectivity index (χ2n) is 4.49. The molecule has 108 valence electrons. The van der Waals surface area contributed by atoms with E-state index < -0.39 is 0 Å². The van der Waals surface area contributed by atoms with Crippen LogP contribution in [0.15, 0.2) is 28.7 Å². The normalized spacial score (nSPS) is 10.2. The Balaban J connectivity index is 2.36. The minimum Gasteiger partial charge on any atom is -0.389 e. The number of hydrogen-bond donors (Lipinski definition) is 2. The molecule has 1 aromatic carbocycles. The van der Waals surface area contributed by atoms with E-state index >= 15 is 0 Å². The topological polar surface area (TPSA) is 80.9 Å². The number of aryl methyl sites for hydroxylation is 2. The number of nitrogens with zero attached hydrogens (tertiary/aromatic N) is 2. The van der Waals surface area contributed by atoms with Crippen molar-refractivity contribution in [3.8, 4) is 0 Å². The van der Waals surface area contributed by atoms with Gasteiger partial charge in [-0.3, -0.25) is 4.79 Å². The molecule has 21 heavy (non-hydrogen) atoms. The van der Waals surface area contributed by atoms with Gasteiger partial charge in [0.1, 0.15) is 4.99 Å². The van der Waals surface area contributed by atoms with Crippen LogP contribution in [0.2, 0.25) is 0 Å². The zero-order chi connectivity index (χ0) is 15.6. The largest absolute Gasteiger partial charge is 0.389 e. The number of nitrogens with one attached hydrogen (secondary N) is 1. The van der Waals surface area contributed by atoms with Gasteiger partial charge in [-0.2, -0.15) is 10.2 Å². The number of hydrogen-bond acceptors (Lipinski definition) is 4. The molecule has 0 bridgehead atoms. The van der Waals surface area contributed by atoms with Crippen LogP contribution < -0.4 is 11.1 Å². The first-order chi connectivity index (χ1) is 9.88. The van der Waals surface area contributed by atoms with Gasteiger partial charge in [-0.25, -0.2) is 0 Å². The molecule has 5 nitrogen and oxygen atoms in total. The lowest BCUT2D eigenvalue weighted by Gasteiger charge is -2.11. The highest BCUT2D eigenvalue weighted by Gasteiger charge is 2.14. The fourth-order valence-corrected chi connectivity index (χ4v) is 2.33. The summed E-state index contributed by atoms with van der Waals surface area (Å²) in [4.78, 5) is 12.6. The third-order valence-corrected chi connectivity index (χ3v) is 3.55. The first-order valence-electron chi connectivity index (χ1n) is 6.10. The molecule has 7 heteroatoms. The predicted molar refractivity (Wildman–Crippen MR) is 89.5 cm³/mol. The van der Waals surface area contributed by atoms with E-state index in [2.05, 4.69) is 31.4 Å². The molecule has 1 amide bonds. The highest BCUT2D eigenvalue weighted by Crippen LogP contribution is 2.22. The van der Waals surface area contributed by atoms with E-state index in [1.165, 1.54) is 0 Å². The Bertz CT molecular complexity index is 733. The van der Waals surface area contributed by atoms with Crippen LogP contribution in [0.5, 0.6) is 0 Å². The molecule has 0 aliphatic rings. The maximum atomic E-state index is 12.4. The summed E-state index contributed by atoms with van der Waals surface area (Å²) in [6, 6.07) is 7.01. The first-order valence-corrected chi connectivity index (χ1v) is 7.30. The van der Waals surface area contributed by atoms with Crippen LogP contribution in [0.3, 0.4) is 0 Å². The van der Waals surface area contributed by atoms with Gasteiger partial charge in [0, 0.05) is 10.0 Å². The number of nitrogens with two attached hydrogens (primary N) is 1. The number of halogens is 1. The number of thiocarbonyl (C=S) groups is 1. The standard InChI is InChI=1S/C14H13BrN4OS/c1-7-5-10(8(2)19-18-7)14(20)17-12-4-3-9(15)6-11(12)13(16)21/h3-6H,1-2H3,(H2,16,21)(H,17,20). The van der Waals surface area contributed by atoms with Crippen molar-refractivity contribution in [2.45, 2.75) is 13.8 Å². The molecule has 0 unspecified atom stereocenters. The summed E-state index contributed by atoms with van der Waals surface area (Å²) >= 11 is 8.36. The average molecular weight is 365 g/mol. The van der Waals surface area contributed by atoms with E-state index in [1.807, 2.05) is 0 Å². The molecule has 2 aromatic rings. The number of benzene rings is 1. The fourth-order valence-electron chi connectivity index (χ4n) is 1.80. The van der Waals surface area contributed by atoms with Crippen molar-refractivity contribution in [3.63, 3.8) is 0 Å². The summed E-state index contributed by atoms with van der Waals surface area (Å²) in [5.74, 6) is -0.273. The number of anilines is 1. The summed E-state index contributed by atoms with van der Waals surface area (Å²) in [5, 5.41) is 10.7. The van der Waals surface area contributed by atoms with Gasteiger partial charge >= 0.3 is 0 Å². The molecule has 0 aliphatic carbocycles. The quantitative estimate of drug-likeness (QED) is 0.818. The van der Waals surface area contributed by atoms with E-state index in [1.54, 1.807) is 38.1 Å². The van der Waals surface area contributed by atoms with Gasteiger partial charge in [0.05, 0.1) is 22.6 Å². The zero-order valence-electron chi connectivity index (χ0n) is 11.5. The number of carbonyl (C=O) groups is 1.